The van der Waals surface area contributed by atoms with Crippen molar-refractivity contribution in [3.8, 4) is 0 Å². The number of rotatable bonds is 7. The average Bonchev–Trinajstić information content (AvgIpc) is 2.43. The molecule has 1 atom stereocenters. The third-order valence-corrected chi connectivity index (χ3v) is 2.62. The second-order valence-electron chi connectivity index (χ2n) is 4.22. The minimum absolute atomic E-state index is 0.0310. The molecule has 0 saturated heterocycles. The van der Waals surface area contributed by atoms with Crippen molar-refractivity contribution in [3.05, 3.63) is 48.6 Å². The van der Waals surface area contributed by atoms with Crippen LogP contribution in [0.15, 0.2) is 43.0 Å². The summed E-state index contributed by atoms with van der Waals surface area (Å²) in [4.78, 5) is 23.1. The molecular weight excluding hydrogens is 242 g/mol. The Morgan fingerprint density at radius 2 is 2.05 bits per heavy atom. The molecule has 0 saturated carbocycles. The first-order valence-corrected chi connectivity index (χ1v) is 6.24. The molecule has 0 aromatic heterocycles. The van der Waals surface area contributed by atoms with Gasteiger partial charge < -0.3 is 10.1 Å². The number of ether oxygens (including phenoxy) is 1. The third-order valence-electron chi connectivity index (χ3n) is 2.62. The quantitative estimate of drug-likeness (QED) is 0.768. The van der Waals surface area contributed by atoms with E-state index in [4.69, 9.17) is 4.74 Å². The van der Waals surface area contributed by atoms with Crippen LogP contribution in [-0.2, 0) is 16.1 Å². The molecule has 0 fully saturated rings. The van der Waals surface area contributed by atoms with Gasteiger partial charge in [0.25, 0.3) is 0 Å². The number of carbonyl (C=O) groups excluding carboxylic acids is 2. The lowest BCUT2D eigenvalue weighted by molar-refractivity contribution is -0.120. The summed E-state index contributed by atoms with van der Waals surface area (Å²) in [7, 11) is 0. The van der Waals surface area contributed by atoms with Gasteiger partial charge in [-0.05, 0) is 18.9 Å². The smallest absolute Gasteiger partial charge is 0.408 e. The zero-order valence-electron chi connectivity index (χ0n) is 11.1. The van der Waals surface area contributed by atoms with E-state index in [1.165, 1.54) is 0 Å². The van der Waals surface area contributed by atoms with Gasteiger partial charge in [0, 0.05) is 6.42 Å². The zero-order valence-corrected chi connectivity index (χ0v) is 11.1. The number of Topliss-reactive ketones (excluding diaryl/α,β-unsaturated/α-hetero) is 1. The van der Waals surface area contributed by atoms with Crippen molar-refractivity contribution < 1.29 is 14.3 Å². The van der Waals surface area contributed by atoms with Crippen LogP contribution in [0.1, 0.15) is 25.3 Å². The highest BCUT2D eigenvalue weighted by molar-refractivity contribution is 5.87. The fourth-order valence-corrected chi connectivity index (χ4v) is 1.48. The highest BCUT2D eigenvalue weighted by Gasteiger charge is 2.15. The fraction of sp³-hybridized carbons (Fsp3) is 0.333. The predicted molar refractivity (Wildman–Crippen MR) is 73.7 cm³/mol. The van der Waals surface area contributed by atoms with Crippen molar-refractivity contribution in [3.63, 3.8) is 0 Å². The molecule has 1 rings (SSSR count). The number of carbonyl (C=O) groups is 2. The van der Waals surface area contributed by atoms with E-state index in [0.717, 1.165) is 5.56 Å². The van der Waals surface area contributed by atoms with Crippen LogP contribution in [-0.4, -0.2) is 17.9 Å². The highest BCUT2D eigenvalue weighted by atomic mass is 16.5. The number of amides is 1. The molecule has 1 unspecified atom stereocenters. The van der Waals surface area contributed by atoms with Crippen LogP contribution in [0.4, 0.5) is 4.79 Å². The Bertz CT molecular complexity index is 428. The first-order valence-electron chi connectivity index (χ1n) is 6.24. The van der Waals surface area contributed by atoms with Gasteiger partial charge in [0.1, 0.15) is 6.61 Å². The van der Waals surface area contributed by atoms with Gasteiger partial charge in [0.2, 0.25) is 0 Å². The summed E-state index contributed by atoms with van der Waals surface area (Å²) in [5, 5.41) is 2.51. The molecule has 1 N–H and O–H groups in total. The number of hydrogen-bond donors (Lipinski definition) is 1. The fourth-order valence-electron chi connectivity index (χ4n) is 1.48. The van der Waals surface area contributed by atoms with E-state index >= 15 is 0 Å². The molecule has 0 spiro atoms. The lowest BCUT2D eigenvalue weighted by Gasteiger charge is -2.12. The Morgan fingerprint density at radius 1 is 1.37 bits per heavy atom. The summed E-state index contributed by atoms with van der Waals surface area (Å²) in [6.07, 6.45) is 2.09. The predicted octanol–water partition coefficient (Wildman–Crippen LogP) is 2.84. The molecule has 0 aliphatic carbocycles. The van der Waals surface area contributed by atoms with Gasteiger partial charge in [-0.25, -0.2) is 4.79 Å². The lowest BCUT2D eigenvalue weighted by atomic mass is 10.1. The van der Waals surface area contributed by atoms with Crippen molar-refractivity contribution in [2.75, 3.05) is 0 Å². The van der Waals surface area contributed by atoms with Gasteiger partial charge in [0.05, 0.1) is 6.04 Å². The molecule has 102 valence electrons. The number of alkyl carbamates (subject to hydrolysis) is 1. The number of hydrogen-bond acceptors (Lipinski definition) is 3. The molecule has 0 aliphatic heterocycles. The first kappa shape index (κ1) is 15.0. The van der Waals surface area contributed by atoms with Crippen molar-refractivity contribution in [1.29, 1.82) is 0 Å². The van der Waals surface area contributed by atoms with E-state index in [-0.39, 0.29) is 12.4 Å². The van der Waals surface area contributed by atoms with Crippen LogP contribution in [0, 0.1) is 0 Å². The largest absolute Gasteiger partial charge is 0.445 e. The maximum Gasteiger partial charge on any atom is 0.408 e. The Hall–Kier alpha value is -2.10. The number of nitrogens with one attached hydrogen (secondary N) is 1. The number of ketones is 1. The molecule has 19 heavy (non-hydrogen) atoms. The zero-order chi connectivity index (χ0) is 14.1. The van der Waals surface area contributed by atoms with Crippen molar-refractivity contribution in [2.24, 2.45) is 0 Å². The highest BCUT2D eigenvalue weighted by Crippen LogP contribution is 2.01. The van der Waals surface area contributed by atoms with Crippen molar-refractivity contribution in [2.45, 2.75) is 32.4 Å². The Labute approximate surface area is 113 Å². The normalized spacial score (nSPS) is 11.4. The van der Waals surface area contributed by atoms with Crippen LogP contribution in [0.25, 0.3) is 0 Å². The van der Waals surface area contributed by atoms with Gasteiger partial charge in [-0.3, -0.25) is 4.79 Å². The number of benzene rings is 1. The van der Waals surface area contributed by atoms with Crippen LogP contribution in [0.5, 0.6) is 0 Å². The standard InChI is InChI=1S/C15H19NO3/c1-3-4-10-14(17)12(2)16-15(18)19-11-13-8-6-5-7-9-13/h3,5-9,12H,1,4,10-11H2,2H3,(H,16,18). The van der Waals surface area contributed by atoms with E-state index in [9.17, 15) is 9.59 Å². The molecule has 0 bridgehead atoms. The van der Waals surface area contributed by atoms with Crippen molar-refractivity contribution in [1.82, 2.24) is 5.32 Å². The van der Waals surface area contributed by atoms with Crippen LogP contribution in [0.2, 0.25) is 0 Å². The Kier molecular flexibility index (Phi) is 6.36. The second-order valence-corrected chi connectivity index (χ2v) is 4.22. The topological polar surface area (TPSA) is 55.4 Å². The summed E-state index contributed by atoms with van der Waals surface area (Å²) in [6.45, 7) is 5.39. The summed E-state index contributed by atoms with van der Waals surface area (Å²) < 4.78 is 5.03. The molecule has 0 aliphatic rings. The summed E-state index contributed by atoms with van der Waals surface area (Å²) in [5.74, 6) is -0.0310. The lowest BCUT2D eigenvalue weighted by Crippen LogP contribution is -2.38. The van der Waals surface area contributed by atoms with E-state index in [2.05, 4.69) is 11.9 Å². The van der Waals surface area contributed by atoms with Gasteiger partial charge in [0.15, 0.2) is 5.78 Å². The van der Waals surface area contributed by atoms with E-state index in [0.29, 0.717) is 12.8 Å². The van der Waals surface area contributed by atoms with E-state index < -0.39 is 12.1 Å². The van der Waals surface area contributed by atoms with Crippen LogP contribution < -0.4 is 5.32 Å². The Balaban J connectivity index is 2.30. The van der Waals surface area contributed by atoms with Gasteiger partial charge in [-0.1, -0.05) is 36.4 Å². The molecule has 0 radical (unpaired) electrons. The second kappa shape index (κ2) is 8.08. The SMILES string of the molecule is C=CCCC(=O)C(C)NC(=O)OCc1ccccc1. The summed E-state index contributed by atoms with van der Waals surface area (Å²) in [6, 6.07) is 8.83. The van der Waals surface area contributed by atoms with Crippen molar-refractivity contribution >= 4 is 11.9 Å². The molecule has 1 aromatic rings. The van der Waals surface area contributed by atoms with Gasteiger partial charge >= 0.3 is 6.09 Å². The average molecular weight is 261 g/mol. The van der Waals surface area contributed by atoms with Gasteiger partial charge in [-0.15, -0.1) is 6.58 Å². The monoisotopic (exact) mass is 261 g/mol. The molecule has 1 aromatic carbocycles. The molecule has 4 nitrogen and oxygen atoms in total. The summed E-state index contributed by atoms with van der Waals surface area (Å²) in [5.41, 5.74) is 0.906. The van der Waals surface area contributed by atoms with E-state index in [1.54, 1.807) is 13.0 Å². The minimum atomic E-state index is -0.580. The third kappa shape index (κ3) is 5.86. The minimum Gasteiger partial charge on any atom is -0.445 e. The van der Waals surface area contributed by atoms with Gasteiger partial charge in [-0.2, -0.15) is 0 Å². The molecule has 1 amide bonds. The maximum atomic E-state index is 11.6. The summed E-state index contributed by atoms with van der Waals surface area (Å²) >= 11 is 0. The number of allylic oxidation sites excluding steroid dienone is 1. The first-order chi connectivity index (χ1) is 9.13. The van der Waals surface area contributed by atoms with Crippen LogP contribution in [0.3, 0.4) is 0 Å². The van der Waals surface area contributed by atoms with E-state index in [1.807, 2.05) is 30.3 Å². The van der Waals surface area contributed by atoms with Crippen LogP contribution >= 0.6 is 0 Å². The molecular formula is C15H19NO3. The molecule has 4 heteroatoms. The Morgan fingerprint density at radius 3 is 2.68 bits per heavy atom. The maximum absolute atomic E-state index is 11.6. The molecule has 0 heterocycles.